The minimum atomic E-state index is 0.0473. The fourth-order valence-corrected chi connectivity index (χ4v) is 3.99. The predicted molar refractivity (Wildman–Crippen MR) is 89.0 cm³/mol. The summed E-state index contributed by atoms with van der Waals surface area (Å²) in [6.07, 6.45) is 3.38. The van der Waals surface area contributed by atoms with Gasteiger partial charge in [0, 0.05) is 25.2 Å². The number of hydrogen-bond acceptors (Lipinski definition) is 5. The number of amides is 1. The van der Waals surface area contributed by atoms with Crippen molar-refractivity contribution in [2.24, 2.45) is 5.41 Å². The summed E-state index contributed by atoms with van der Waals surface area (Å²) in [5.41, 5.74) is 1.01. The Morgan fingerprint density at radius 2 is 2.00 bits per heavy atom. The molecule has 0 unspecified atom stereocenters. The molecule has 0 radical (unpaired) electrons. The molecule has 1 aromatic rings. The molecule has 1 spiro atoms. The monoisotopic (exact) mass is 332 g/mol. The Kier molecular flexibility index (Phi) is 4.00. The van der Waals surface area contributed by atoms with Crippen LogP contribution in [-0.2, 0) is 0 Å². The van der Waals surface area contributed by atoms with Crippen molar-refractivity contribution in [1.82, 2.24) is 10.2 Å². The molecule has 3 aliphatic heterocycles. The molecule has 0 saturated carbocycles. The first-order valence-electron chi connectivity index (χ1n) is 8.68. The minimum absolute atomic E-state index is 0.0473. The summed E-state index contributed by atoms with van der Waals surface area (Å²) in [6, 6.07) is 3.54. The highest BCUT2D eigenvalue weighted by Gasteiger charge is 2.38. The minimum Gasteiger partial charge on any atom is -0.493 e. The smallest absolute Gasteiger partial charge is 0.254 e. The van der Waals surface area contributed by atoms with Crippen molar-refractivity contribution in [2.75, 3.05) is 46.5 Å². The lowest BCUT2D eigenvalue weighted by atomic mass is 9.78. The topological polar surface area (TPSA) is 60.0 Å². The first kappa shape index (κ1) is 15.6. The molecular weight excluding hydrogens is 308 g/mol. The summed E-state index contributed by atoms with van der Waals surface area (Å²) in [5, 5.41) is 3.46. The van der Waals surface area contributed by atoms with Gasteiger partial charge < -0.3 is 24.4 Å². The van der Waals surface area contributed by atoms with E-state index in [1.165, 1.54) is 6.42 Å². The van der Waals surface area contributed by atoms with E-state index in [4.69, 9.17) is 14.2 Å². The Morgan fingerprint density at radius 3 is 2.71 bits per heavy atom. The van der Waals surface area contributed by atoms with Crippen LogP contribution in [0.5, 0.6) is 17.2 Å². The fourth-order valence-electron chi connectivity index (χ4n) is 3.99. The number of hydrogen-bond donors (Lipinski definition) is 1. The lowest BCUT2D eigenvalue weighted by Crippen LogP contribution is -2.44. The molecule has 6 nitrogen and oxygen atoms in total. The van der Waals surface area contributed by atoms with Crippen LogP contribution in [0, 0.1) is 5.41 Å². The maximum Gasteiger partial charge on any atom is 0.254 e. The number of rotatable bonds is 2. The Hall–Kier alpha value is -1.95. The first-order chi connectivity index (χ1) is 11.7. The number of carbonyl (C=O) groups excluding carboxylic acids is 1. The van der Waals surface area contributed by atoms with Gasteiger partial charge in [0.15, 0.2) is 11.5 Å². The van der Waals surface area contributed by atoms with Crippen LogP contribution >= 0.6 is 0 Å². The fraction of sp³-hybridized carbons (Fsp3) is 0.611. The maximum atomic E-state index is 12.9. The van der Waals surface area contributed by atoms with Gasteiger partial charge in [-0.1, -0.05) is 0 Å². The van der Waals surface area contributed by atoms with Gasteiger partial charge in [-0.2, -0.15) is 0 Å². The third-order valence-electron chi connectivity index (χ3n) is 5.52. The summed E-state index contributed by atoms with van der Waals surface area (Å²) in [5.74, 6) is 1.79. The number of ether oxygens (including phenoxy) is 3. The molecule has 0 aliphatic carbocycles. The average Bonchev–Trinajstić information content (AvgIpc) is 3.09. The number of carbonyl (C=O) groups is 1. The van der Waals surface area contributed by atoms with Crippen LogP contribution in [0.15, 0.2) is 12.1 Å². The molecule has 1 N–H and O–H groups in total. The number of nitrogens with one attached hydrogen (secondary N) is 1. The zero-order valence-corrected chi connectivity index (χ0v) is 14.1. The van der Waals surface area contributed by atoms with Crippen molar-refractivity contribution in [3.05, 3.63) is 17.7 Å². The van der Waals surface area contributed by atoms with E-state index in [1.54, 1.807) is 19.2 Å². The van der Waals surface area contributed by atoms with Crippen molar-refractivity contribution in [2.45, 2.75) is 19.3 Å². The van der Waals surface area contributed by atoms with Crippen molar-refractivity contribution in [3.63, 3.8) is 0 Å². The van der Waals surface area contributed by atoms with Gasteiger partial charge in [0.2, 0.25) is 5.75 Å². The summed E-state index contributed by atoms with van der Waals surface area (Å²) < 4.78 is 16.6. The van der Waals surface area contributed by atoms with Crippen LogP contribution in [0.2, 0.25) is 0 Å². The van der Waals surface area contributed by atoms with Gasteiger partial charge in [0.1, 0.15) is 13.2 Å². The van der Waals surface area contributed by atoms with Gasteiger partial charge in [-0.25, -0.2) is 0 Å². The Balaban J connectivity index is 1.52. The van der Waals surface area contributed by atoms with Crippen molar-refractivity contribution >= 4 is 5.91 Å². The molecule has 24 heavy (non-hydrogen) atoms. The van der Waals surface area contributed by atoms with Crippen LogP contribution in [0.4, 0.5) is 0 Å². The highest BCUT2D eigenvalue weighted by Crippen LogP contribution is 2.41. The van der Waals surface area contributed by atoms with Crippen molar-refractivity contribution in [1.29, 1.82) is 0 Å². The van der Waals surface area contributed by atoms with E-state index < -0.39 is 0 Å². The van der Waals surface area contributed by atoms with E-state index in [-0.39, 0.29) is 5.91 Å². The molecule has 130 valence electrons. The van der Waals surface area contributed by atoms with E-state index in [9.17, 15) is 4.79 Å². The first-order valence-corrected chi connectivity index (χ1v) is 8.68. The number of likely N-dealkylation sites (tertiary alicyclic amines) is 1. The number of benzene rings is 1. The molecule has 2 fully saturated rings. The van der Waals surface area contributed by atoms with E-state index in [0.717, 1.165) is 39.0 Å². The molecule has 3 heterocycles. The van der Waals surface area contributed by atoms with Crippen molar-refractivity contribution < 1.29 is 19.0 Å². The average molecular weight is 332 g/mol. The third-order valence-corrected chi connectivity index (χ3v) is 5.52. The van der Waals surface area contributed by atoms with Crippen LogP contribution in [-0.4, -0.2) is 57.3 Å². The Bertz CT molecular complexity index is 613. The number of methoxy groups -OCH3 is 1. The molecule has 3 aliphatic rings. The number of nitrogens with zero attached hydrogens (tertiary/aromatic N) is 1. The van der Waals surface area contributed by atoms with Gasteiger partial charge in [-0.05, 0) is 43.4 Å². The normalized spacial score (nSPS) is 21.8. The molecular formula is C18H24N2O4. The quantitative estimate of drug-likeness (QED) is 0.893. The molecule has 1 aromatic carbocycles. The van der Waals surface area contributed by atoms with Gasteiger partial charge in [0.25, 0.3) is 5.91 Å². The predicted octanol–water partition coefficient (Wildman–Crippen LogP) is 1.68. The second-order valence-corrected chi connectivity index (χ2v) is 6.92. The van der Waals surface area contributed by atoms with E-state index in [0.29, 0.717) is 41.4 Å². The van der Waals surface area contributed by atoms with Crippen LogP contribution in [0.25, 0.3) is 0 Å². The van der Waals surface area contributed by atoms with Gasteiger partial charge in [-0.3, -0.25) is 4.79 Å². The van der Waals surface area contributed by atoms with Gasteiger partial charge in [-0.15, -0.1) is 0 Å². The number of piperidine rings is 1. The second kappa shape index (κ2) is 6.16. The molecule has 6 heteroatoms. The zero-order valence-electron chi connectivity index (χ0n) is 14.1. The molecule has 0 bridgehead atoms. The second-order valence-electron chi connectivity index (χ2n) is 6.92. The van der Waals surface area contributed by atoms with E-state index in [1.807, 2.05) is 4.90 Å². The Morgan fingerprint density at radius 1 is 1.21 bits per heavy atom. The van der Waals surface area contributed by atoms with E-state index >= 15 is 0 Å². The van der Waals surface area contributed by atoms with Crippen LogP contribution in [0.3, 0.4) is 0 Å². The molecule has 4 rings (SSSR count). The maximum absolute atomic E-state index is 12.9. The number of fused-ring (bicyclic) bond motifs is 1. The molecule has 2 saturated heterocycles. The SMILES string of the molecule is COc1cc(C(=O)N2CCC3(CCNC3)CC2)cc2c1OCCO2. The van der Waals surface area contributed by atoms with Gasteiger partial charge >= 0.3 is 0 Å². The zero-order chi connectivity index (χ0) is 16.6. The summed E-state index contributed by atoms with van der Waals surface area (Å²) in [4.78, 5) is 14.9. The molecule has 0 aromatic heterocycles. The van der Waals surface area contributed by atoms with E-state index in [2.05, 4.69) is 5.32 Å². The third kappa shape index (κ3) is 2.69. The lowest BCUT2D eigenvalue weighted by Gasteiger charge is -2.39. The highest BCUT2D eigenvalue weighted by molar-refractivity contribution is 5.95. The lowest BCUT2D eigenvalue weighted by molar-refractivity contribution is 0.0606. The van der Waals surface area contributed by atoms with Gasteiger partial charge in [0.05, 0.1) is 7.11 Å². The standard InChI is InChI=1S/C18H24N2O4/c1-22-14-10-13(11-15-16(14)24-9-8-23-15)17(21)20-6-3-18(4-7-20)2-5-19-12-18/h10-11,19H,2-9,12H2,1H3. The van der Waals surface area contributed by atoms with Crippen LogP contribution in [0.1, 0.15) is 29.6 Å². The molecule has 0 atom stereocenters. The summed E-state index contributed by atoms with van der Waals surface area (Å²) in [6.45, 7) is 4.82. The summed E-state index contributed by atoms with van der Waals surface area (Å²) in [7, 11) is 1.58. The van der Waals surface area contributed by atoms with Crippen molar-refractivity contribution in [3.8, 4) is 17.2 Å². The molecule has 1 amide bonds. The highest BCUT2D eigenvalue weighted by atomic mass is 16.6. The largest absolute Gasteiger partial charge is 0.493 e. The van der Waals surface area contributed by atoms with Crippen LogP contribution < -0.4 is 19.5 Å². The summed E-state index contributed by atoms with van der Waals surface area (Å²) >= 11 is 0. The Labute approximate surface area is 142 Å².